The Morgan fingerprint density at radius 1 is 1.62 bits per heavy atom. The lowest BCUT2D eigenvalue weighted by atomic mass is 10.3. The number of nitrogens with one attached hydrogen (secondary N) is 1. The smallest absolute Gasteiger partial charge is 0.305 e. The van der Waals surface area contributed by atoms with E-state index in [-0.39, 0.29) is 11.4 Å². The van der Waals surface area contributed by atoms with Crippen LogP contribution in [0.1, 0.15) is 12.6 Å². The van der Waals surface area contributed by atoms with Crippen molar-refractivity contribution in [2.24, 2.45) is 0 Å². The van der Waals surface area contributed by atoms with E-state index in [0.29, 0.717) is 12.4 Å². The Bertz CT molecular complexity index is 508. The van der Waals surface area contributed by atoms with Gasteiger partial charge in [0.25, 0.3) is 0 Å². The molecule has 0 aliphatic carbocycles. The maximum Gasteiger partial charge on any atom is 0.305 e. The first-order chi connectivity index (χ1) is 7.69. The summed E-state index contributed by atoms with van der Waals surface area (Å²) in [7, 11) is 0. The molecule has 6 nitrogen and oxygen atoms in total. The fraction of sp³-hybridized carbons (Fsp3) is 0.200. The van der Waals surface area contributed by atoms with E-state index in [0.717, 1.165) is 0 Å². The van der Waals surface area contributed by atoms with Gasteiger partial charge in [0.15, 0.2) is 0 Å². The third kappa shape index (κ3) is 2.69. The van der Waals surface area contributed by atoms with E-state index >= 15 is 0 Å². The topological polar surface area (TPSA) is 91.9 Å². The zero-order valence-corrected chi connectivity index (χ0v) is 8.52. The van der Waals surface area contributed by atoms with Crippen molar-refractivity contribution in [2.75, 3.05) is 11.9 Å². The molecule has 0 unspecified atom stereocenters. The highest BCUT2D eigenvalue weighted by atomic mass is 16.6. The summed E-state index contributed by atoms with van der Waals surface area (Å²) in [5, 5.41) is 22.0. The molecule has 0 amide bonds. The molecule has 16 heavy (non-hydrogen) atoms. The first-order valence-electron chi connectivity index (χ1n) is 4.38. The molecule has 0 atom stereocenters. The zero-order valence-electron chi connectivity index (χ0n) is 8.52. The third-order valence-corrected chi connectivity index (χ3v) is 1.71. The summed E-state index contributed by atoms with van der Waals surface area (Å²) in [5.41, 5.74) is -0.505. The van der Waals surface area contributed by atoms with Gasteiger partial charge in [0.05, 0.1) is 11.5 Å². The van der Waals surface area contributed by atoms with Crippen molar-refractivity contribution < 1.29 is 4.92 Å². The Morgan fingerprint density at radius 2 is 2.38 bits per heavy atom. The van der Waals surface area contributed by atoms with Crippen molar-refractivity contribution in [3.05, 3.63) is 27.9 Å². The summed E-state index contributed by atoms with van der Waals surface area (Å²) in [6.45, 7) is 2.08. The van der Waals surface area contributed by atoms with Crippen molar-refractivity contribution in [1.29, 1.82) is 5.26 Å². The molecule has 0 aromatic carbocycles. The molecule has 0 saturated heterocycles. The van der Waals surface area contributed by atoms with Gasteiger partial charge in [-0.25, -0.2) is 4.98 Å². The van der Waals surface area contributed by atoms with E-state index < -0.39 is 4.92 Å². The summed E-state index contributed by atoms with van der Waals surface area (Å²) >= 11 is 0. The summed E-state index contributed by atoms with van der Waals surface area (Å²) in [6, 6.07) is 4.36. The molecule has 0 bridgehead atoms. The second-order valence-corrected chi connectivity index (χ2v) is 2.71. The van der Waals surface area contributed by atoms with Gasteiger partial charge in [-0.1, -0.05) is 5.92 Å². The maximum atomic E-state index is 10.5. The van der Waals surface area contributed by atoms with E-state index in [4.69, 9.17) is 5.26 Å². The number of hydrogen-bond acceptors (Lipinski definition) is 5. The summed E-state index contributed by atoms with van der Waals surface area (Å²) in [5.74, 6) is 5.83. The highest BCUT2D eigenvalue weighted by molar-refractivity contribution is 5.50. The summed E-state index contributed by atoms with van der Waals surface area (Å²) < 4.78 is 0. The molecule has 0 fully saturated rings. The van der Waals surface area contributed by atoms with Gasteiger partial charge in [-0.2, -0.15) is 5.26 Å². The maximum absolute atomic E-state index is 10.5. The number of pyridine rings is 1. The number of nitriles is 1. The highest BCUT2D eigenvalue weighted by Gasteiger charge is 2.14. The lowest BCUT2D eigenvalue weighted by molar-refractivity contribution is -0.385. The van der Waals surface area contributed by atoms with E-state index in [9.17, 15) is 10.1 Å². The van der Waals surface area contributed by atoms with Crippen LogP contribution in [-0.2, 0) is 0 Å². The van der Waals surface area contributed by atoms with Crippen molar-refractivity contribution in [3.63, 3.8) is 0 Å². The van der Waals surface area contributed by atoms with E-state index in [1.807, 2.05) is 0 Å². The standard InChI is InChI=1S/C10H8N4O2/c1-2-3-6-12-10-5-4-9(14(15)16)8(7-11)13-10/h4-5H,6H2,1H3,(H,12,13). The van der Waals surface area contributed by atoms with Gasteiger partial charge in [0.2, 0.25) is 5.69 Å². The number of hydrogen-bond donors (Lipinski definition) is 1. The van der Waals surface area contributed by atoms with Gasteiger partial charge >= 0.3 is 5.69 Å². The number of nitro groups is 1. The van der Waals surface area contributed by atoms with E-state index in [2.05, 4.69) is 22.1 Å². The number of aromatic nitrogens is 1. The molecule has 1 aromatic heterocycles. The van der Waals surface area contributed by atoms with Crippen LogP contribution in [0.3, 0.4) is 0 Å². The van der Waals surface area contributed by atoms with Gasteiger partial charge in [-0.05, 0) is 13.0 Å². The van der Waals surface area contributed by atoms with Gasteiger partial charge in [0, 0.05) is 6.07 Å². The minimum absolute atomic E-state index is 0.209. The quantitative estimate of drug-likeness (QED) is 0.467. The van der Waals surface area contributed by atoms with E-state index in [1.165, 1.54) is 12.1 Å². The molecule has 1 heterocycles. The monoisotopic (exact) mass is 216 g/mol. The molecule has 80 valence electrons. The lowest BCUT2D eigenvalue weighted by Crippen LogP contribution is -2.03. The van der Waals surface area contributed by atoms with Crippen LogP contribution in [0.5, 0.6) is 0 Å². The van der Waals surface area contributed by atoms with Crippen LogP contribution in [0, 0.1) is 33.3 Å². The number of nitrogens with zero attached hydrogens (tertiary/aromatic N) is 3. The lowest BCUT2D eigenvalue weighted by Gasteiger charge is -2.01. The third-order valence-electron chi connectivity index (χ3n) is 1.71. The van der Waals surface area contributed by atoms with Crippen molar-refractivity contribution >= 4 is 11.5 Å². The minimum atomic E-state index is -0.638. The molecule has 1 aromatic rings. The molecule has 1 N–H and O–H groups in total. The van der Waals surface area contributed by atoms with Crippen LogP contribution >= 0.6 is 0 Å². The predicted octanol–water partition coefficient (Wildman–Crippen LogP) is 1.30. The number of anilines is 1. The van der Waals surface area contributed by atoms with Crippen LogP contribution in [-0.4, -0.2) is 16.5 Å². The van der Waals surface area contributed by atoms with Crippen LogP contribution in [0.4, 0.5) is 11.5 Å². The van der Waals surface area contributed by atoms with Crippen LogP contribution < -0.4 is 5.32 Å². The van der Waals surface area contributed by atoms with Crippen molar-refractivity contribution in [2.45, 2.75) is 6.92 Å². The van der Waals surface area contributed by atoms with Crippen molar-refractivity contribution in [3.8, 4) is 17.9 Å². The van der Waals surface area contributed by atoms with Crippen LogP contribution in [0.2, 0.25) is 0 Å². The minimum Gasteiger partial charge on any atom is -0.359 e. The first kappa shape index (κ1) is 11.5. The molecule has 0 radical (unpaired) electrons. The normalized spacial score (nSPS) is 8.50. The van der Waals surface area contributed by atoms with Crippen LogP contribution in [0.25, 0.3) is 0 Å². The Morgan fingerprint density at radius 3 is 2.94 bits per heavy atom. The number of rotatable bonds is 3. The zero-order chi connectivity index (χ0) is 12.0. The van der Waals surface area contributed by atoms with Crippen LogP contribution in [0.15, 0.2) is 12.1 Å². The predicted molar refractivity (Wildman–Crippen MR) is 57.5 cm³/mol. The molecular formula is C10H8N4O2. The van der Waals surface area contributed by atoms with Crippen molar-refractivity contribution in [1.82, 2.24) is 4.98 Å². The first-order valence-corrected chi connectivity index (χ1v) is 4.38. The second kappa shape index (κ2) is 5.32. The fourth-order valence-electron chi connectivity index (χ4n) is 1.00. The van der Waals surface area contributed by atoms with Gasteiger partial charge in [-0.3, -0.25) is 10.1 Å². The van der Waals surface area contributed by atoms with Gasteiger partial charge in [0.1, 0.15) is 11.9 Å². The average molecular weight is 216 g/mol. The molecule has 6 heteroatoms. The van der Waals surface area contributed by atoms with Gasteiger partial charge < -0.3 is 5.32 Å². The van der Waals surface area contributed by atoms with E-state index in [1.54, 1.807) is 13.0 Å². The average Bonchev–Trinajstić information content (AvgIpc) is 2.29. The Labute approximate surface area is 92.1 Å². The molecule has 0 saturated carbocycles. The Hall–Kier alpha value is -2.60. The summed E-state index contributed by atoms with van der Waals surface area (Å²) in [6.07, 6.45) is 0. The highest BCUT2D eigenvalue weighted by Crippen LogP contribution is 2.17. The molecular weight excluding hydrogens is 208 g/mol. The molecule has 1 rings (SSSR count). The second-order valence-electron chi connectivity index (χ2n) is 2.71. The molecule has 0 aliphatic rings. The van der Waals surface area contributed by atoms with Gasteiger partial charge in [-0.15, -0.1) is 5.92 Å². The SMILES string of the molecule is CC#CCNc1ccc([N+](=O)[O-])c(C#N)n1. The largest absolute Gasteiger partial charge is 0.359 e. The fourth-order valence-corrected chi connectivity index (χ4v) is 1.00. The molecule has 0 aliphatic heterocycles. The molecule has 0 spiro atoms. The Balaban J connectivity index is 2.95. The Kier molecular flexibility index (Phi) is 3.82. The summed E-state index contributed by atoms with van der Waals surface area (Å²) in [4.78, 5) is 13.7.